The Morgan fingerprint density at radius 1 is 0.963 bits per heavy atom. The van der Waals surface area contributed by atoms with Crippen LogP contribution in [-0.2, 0) is 40.7 Å². The van der Waals surface area contributed by atoms with Gasteiger partial charge in [-0.25, -0.2) is 13.1 Å². The van der Waals surface area contributed by atoms with Crippen LogP contribution >= 0.6 is 0 Å². The molecule has 2 aromatic rings. The molecule has 0 atom stereocenters. The maximum Gasteiger partial charge on any atom is 0.240 e. The third kappa shape index (κ3) is 4.41. The van der Waals surface area contributed by atoms with Gasteiger partial charge in [0.05, 0.1) is 18.1 Å². The van der Waals surface area contributed by atoms with Gasteiger partial charge in [0, 0.05) is 26.2 Å². The third-order valence-corrected chi connectivity index (χ3v) is 6.85. The maximum atomic E-state index is 12.8. The predicted molar refractivity (Wildman–Crippen MR) is 105 cm³/mol. The second-order valence-corrected chi connectivity index (χ2v) is 9.03. The summed E-state index contributed by atoms with van der Waals surface area (Å²) in [5.74, 6) is 0. The Hall–Kier alpha value is -1.73. The minimum absolute atomic E-state index is 0.305. The zero-order valence-electron chi connectivity index (χ0n) is 15.5. The molecule has 1 fully saturated rings. The number of hydrogen-bond donors (Lipinski definition) is 1. The summed E-state index contributed by atoms with van der Waals surface area (Å²) >= 11 is 0. The smallest absolute Gasteiger partial charge is 0.240 e. The molecule has 2 aromatic carbocycles. The lowest BCUT2D eigenvalue weighted by molar-refractivity contribution is 0.0341. The molecule has 1 aliphatic heterocycles. The molecule has 0 saturated carbocycles. The zero-order valence-corrected chi connectivity index (χ0v) is 16.3. The summed E-state index contributed by atoms with van der Waals surface area (Å²) in [5.41, 5.74) is 4.64. The highest BCUT2D eigenvalue weighted by atomic mass is 32.2. The largest absolute Gasteiger partial charge is 0.379 e. The summed E-state index contributed by atoms with van der Waals surface area (Å²) in [6.07, 6.45) is 3.14. The van der Waals surface area contributed by atoms with Crippen molar-refractivity contribution >= 4 is 10.0 Å². The van der Waals surface area contributed by atoms with Crippen molar-refractivity contribution in [3.05, 3.63) is 64.7 Å². The number of benzene rings is 2. The number of hydrogen-bond acceptors (Lipinski definition) is 4. The lowest BCUT2D eigenvalue weighted by atomic mass is 10.1. The summed E-state index contributed by atoms with van der Waals surface area (Å²) in [6, 6.07) is 13.6. The van der Waals surface area contributed by atoms with Gasteiger partial charge in [-0.05, 0) is 53.6 Å². The van der Waals surface area contributed by atoms with Crippen molar-refractivity contribution in [3.8, 4) is 0 Å². The number of nitrogens with one attached hydrogen (secondary N) is 1. The second-order valence-electron chi connectivity index (χ2n) is 7.27. The summed E-state index contributed by atoms with van der Waals surface area (Å²) in [7, 11) is -3.51. The number of aryl methyl sites for hydroxylation is 2. The van der Waals surface area contributed by atoms with Gasteiger partial charge in [-0.3, -0.25) is 4.90 Å². The molecule has 0 spiro atoms. The Kier molecular flexibility index (Phi) is 5.59. The Balaban J connectivity index is 1.46. The maximum absolute atomic E-state index is 12.8. The van der Waals surface area contributed by atoms with Crippen molar-refractivity contribution in [3.63, 3.8) is 0 Å². The van der Waals surface area contributed by atoms with Crippen molar-refractivity contribution in [1.29, 1.82) is 0 Å². The average molecular weight is 387 g/mol. The minimum atomic E-state index is -3.51. The quantitative estimate of drug-likeness (QED) is 0.829. The van der Waals surface area contributed by atoms with E-state index >= 15 is 0 Å². The van der Waals surface area contributed by atoms with Gasteiger partial charge in [0.15, 0.2) is 0 Å². The zero-order chi connectivity index (χ0) is 18.7. The first-order valence-electron chi connectivity index (χ1n) is 9.60. The van der Waals surface area contributed by atoms with Crippen molar-refractivity contribution in [2.24, 2.45) is 0 Å². The molecule has 1 heterocycles. The molecule has 0 unspecified atom stereocenters. The lowest BCUT2D eigenvalue weighted by Crippen LogP contribution is -2.36. The van der Waals surface area contributed by atoms with E-state index in [4.69, 9.17) is 4.74 Å². The Bertz CT molecular complexity index is 905. The number of sulfonamides is 1. The van der Waals surface area contributed by atoms with Crippen LogP contribution in [0.1, 0.15) is 28.7 Å². The molecular weight excluding hydrogens is 360 g/mol. The summed E-state index contributed by atoms with van der Waals surface area (Å²) in [6.45, 7) is 4.46. The molecule has 4 rings (SSSR count). The summed E-state index contributed by atoms with van der Waals surface area (Å²) < 4.78 is 33.7. The molecule has 6 heteroatoms. The number of morpholine rings is 1. The van der Waals surface area contributed by atoms with E-state index in [-0.39, 0.29) is 0 Å². The van der Waals surface area contributed by atoms with Crippen LogP contribution in [0.2, 0.25) is 0 Å². The van der Waals surface area contributed by atoms with E-state index in [1.165, 1.54) is 11.1 Å². The van der Waals surface area contributed by atoms with Crippen LogP contribution in [0.4, 0.5) is 0 Å². The van der Waals surface area contributed by atoms with Crippen LogP contribution in [0.3, 0.4) is 0 Å². The molecule has 1 N–H and O–H groups in total. The molecule has 0 aromatic heterocycles. The van der Waals surface area contributed by atoms with E-state index in [2.05, 4.69) is 15.7 Å². The van der Waals surface area contributed by atoms with E-state index in [0.29, 0.717) is 11.4 Å². The monoisotopic (exact) mass is 386 g/mol. The van der Waals surface area contributed by atoms with Gasteiger partial charge in [-0.15, -0.1) is 0 Å². The molecule has 1 saturated heterocycles. The molecule has 0 radical (unpaired) electrons. The number of rotatable bonds is 6. The van der Waals surface area contributed by atoms with Crippen molar-refractivity contribution in [2.45, 2.75) is 37.2 Å². The number of fused-ring (bicyclic) bond motifs is 1. The highest BCUT2D eigenvalue weighted by molar-refractivity contribution is 7.89. The van der Waals surface area contributed by atoms with Gasteiger partial charge >= 0.3 is 0 Å². The highest BCUT2D eigenvalue weighted by Gasteiger charge is 2.19. The van der Waals surface area contributed by atoms with E-state index in [0.717, 1.165) is 63.2 Å². The van der Waals surface area contributed by atoms with E-state index in [9.17, 15) is 8.42 Å². The highest BCUT2D eigenvalue weighted by Crippen LogP contribution is 2.25. The Labute approximate surface area is 161 Å². The SMILES string of the molecule is O=S(=O)(NCc1ccccc1CN1CCOCC1)c1ccc2c(c1)CCC2. The topological polar surface area (TPSA) is 58.6 Å². The average Bonchev–Trinajstić information content (AvgIpc) is 3.16. The molecule has 0 bridgehead atoms. The molecule has 144 valence electrons. The lowest BCUT2D eigenvalue weighted by Gasteiger charge is -2.27. The molecule has 5 nitrogen and oxygen atoms in total. The molecule has 0 amide bonds. The first-order chi connectivity index (χ1) is 13.1. The first kappa shape index (κ1) is 18.6. The third-order valence-electron chi connectivity index (χ3n) is 5.45. The van der Waals surface area contributed by atoms with Crippen LogP contribution in [0.5, 0.6) is 0 Å². The van der Waals surface area contributed by atoms with E-state index in [1.807, 2.05) is 30.3 Å². The van der Waals surface area contributed by atoms with Gasteiger partial charge in [0.25, 0.3) is 0 Å². The molecule has 2 aliphatic rings. The predicted octanol–water partition coefficient (Wildman–Crippen LogP) is 2.49. The molecule has 1 aliphatic carbocycles. The van der Waals surface area contributed by atoms with Crippen LogP contribution in [-0.4, -0.2) is 39.6 Å². The van der Waals surface area contributed by atoms with Crippen LogP contribution in [0.25, 0.3) is 0 Å². The van der Waals surface area contributed by atoms with Crippen LogP contribution in [0, 0.1) is 0 Å². The van der Waals surface area contributed by atoms with Crippen molar-refractivity contribution in [2.75, 3.05) is 26.3 Å². The fraction of sp³-hybridized carbons (Fsp3) is 0.429. The standard InChI is InChI=1S/C21H26N2O3S/c24-27(25,21-9-8-17-6-3-7-18(17)14-21)22-15-19-4-1-2-5-20(19)16-23-10-12-26-13-11-23/h1-2,4-5,8-9,14,22H,3,6-7,10-13,15-16H2. The van der Waals surface area contributed by atoms with Crippen LogP contribution < -0.4 is 4.72 Å². The molecular formula is C21H26N2O3S. The van der Waals surface area contributed by atoms with Gasteiger partial charge in [-0.2, -0.15) is 0 Å². The summed E-state index contributed by atoms with van der Waals surface area (Å²) in [4.78, 5) is 2.71. The Morgan fingerprint density at radius 3 is 2.52 bits per heavy atom. The van der Waals surface area contributed by atoms with Crippen molar-refractivity contribution in [1.82, 2.24) is 9.62 Å². The van der Waals surface area contributed by atoms with E-state index < -0.39 is 10.0 Å². The molecule has 27 heavy (non-hydrogen) atoms. The Morgan fingerprint density at radius 2 is 1.70 bits per heavy atom. The number of nitrogens with zero attached hydrogens (tertiary/aromatic N) is 1. The van der Waals surface area contributed by atoms with Gasteiger partial charge in [-0.1, -0.05) is 30.3 Å². The van der Waals surface area contributed by atoms with Gasteiger partial charge < -0.3 is 4.74 Å². The summed E-state index contributed by atoms with van der Waals surface area (Å²) in [5, 5.41) is 0. The van der Waals surface area contributed by atoms with Gasteiger partial charge in [0.2, 0.25) is 10.0 Å². The number of ether oxygens (including phenoxy) is 1. The second kappa shape index (κ2) is 8.10. The normalized spacial score (nSPS) is 17.8. The first-order valence-corrected chi connectivity index (χ1v) is 11.1. The van der Waals surface area contributed by atoms with Gasteiger partial charge in [0.1, 0.15) is 0 Å². The fourth-order valence-electron chi connectivity index (χ4n) is 3.86. The van der Waals surface area contributed by atoms with E-state index in [1.54, 1.807) is 6.07 Å². The minimum Gasteiger partial charge on any atom is -0.379 e. The van der Waals surface area contributed by atoms with Crippen LogP contribution in [0.15, 0.2) is 47.4 Å². The fourth-order valence-corrected chi connectivity index (χ4v) is 4.91. The van der Waals surface area contributed by atoms with Crippen molar-refractivity contribution < 1.29 is 13.2 Å².